The Kier molecular flexibility index (Phi) is 4.38. The lowest BCUT2D eigenvalue weighted by Gasteiger charge is -2.10. The molecule has 106 valence electrons. The van der Waals surface area contributed by atoms with Crippen LogP contribution in [0.25, 0.3) is 0 Å². The first-order valence-corrected chi connectivity index (χ1v) is 6.99. The number of nitrogens with two attached hydrogens (primary N) is 2. The number of nitrogen functional groups attached to an aromatic ring is 2. The summed E-state index contributed by atoms with van der Waals surface area (Å²) in [5, 5.41) is 0. The Balaban J connectivity index is 2.02. The summed E-state index contributed by atoms with van der Waals surface area (Å²) < 4.78 is 27.2. The standard InChI is InChI=1S/C13H15N2O4P/c1-17-13-8-11(6-7-12(13)15)19-20(16)18-10-4-2-9(14)3-5-10/h2-8,20H,14-15H2,1H3. The maximum atomic E-state index is 11.8. The molecule has 2 aromatic rings. The van der Waals surface area contributed by atoms with Crippen molar-refractivity contribution < 1.29 is 18.3 Å². The number of benzene rings is 2. The van der Waals surface area contributed by atoms with Gasteiger partial charge in [0, 0.05) is 11.8 Å². The van der Waals surface area contributed by atoms with E-state index in [9.17, 15) is 4.57 Å². The highest BCUT2D eigenvalue weighted by Crippen LogP contribution is 2.34. The van der Waals surface area contributed by atoms with Crippen molar-refractivity contribution in [1.29, 1.82) is 0 Å². The van der Waals surface area contributed by atoms with Crippen molar-refractivity contribution in [2.24, 2.45) is 0 Å². The lowest BCUT2D eigenvalue weighted by molar-refractivity contribution is 0.404. The lowest BCUT2D eigenvalue weighted by Crippen LogP contribution is -1.94. The first kappa shape index (κ1) is 14.1. The number of methoxy groups -OCH3 is 1. The van der Waals surface area contributed by atoms with Crippen LogP contribution in [0.4, 0.5) is 11.4 Å². The van der Waals surface area contributed by atoms with Crippen LogP contribution in [-0.2, 0) is 4.57 Å². The molecule has 2 rings (SSSR count). The average molecular weight is 294 g/mol. The van der Waals surface area contributed by atoms with Gasteiger partial charge in [-0.15, -0.1) is 0 Å². The predicted octanol–water partition coefficient (Wildman–Crippen LogP) is 2.71. The van der Waals surface area contributed by atoms with Crippen molar-refractivity contribution in [1.82, 2.24) is 0 Å². The molecule has 0 fully saturated rings. The van der Waals surface area contributed by atoms with E-state index in [1.807, 2.05) is 0 Å². The van der Waals surface area contributed by atoms with Gasteiger partial charge >= 0.3 is 8.25 Å². The van der Waals surface area contributed by atoms with E-state index in [4.69, 9.17) is 25.3 Å². The molecule has 0 heterocycles. The third-order valence-corrected chi connectivity index (χ3v) is 3.29. The van der Waals surface area contributed by atoms with E-state index >= 15 is 0 Å². The Hall–Kier alpha value is -2.33. The molecule has 0 spiro atoms. The molecule has 20 heavy (non-hydrogen) atoms. The molecule has 0 aliphatic heterocycles. The highest BCUT2D eigenvalue weighted by molar-refractivity contribution is 7.34. The van der Waals surface area contributed by atoms with Crippen LogP contribution < -0.4 is 25.3 Å². The fraction of sp³-hybridized carbons (Fsp3) is 0.0769. The van der Waals surface area contributed by atoms with Gasteiger partial charge in [-0.3, -0.25) is 0 Å². The van der Waals surface area contributed by atoms with Crippen LogP contribution in [0.5, 0.6) is 17.2 Å². The second-order valence-electron chi connectivity index (χ2n) is 3.93. The van der Waals surface area contributed by atoms with Gasteiger partial charge in [0.15, 0.2) is 0 Å². The number of anilines is 2. The highest BCUT2D eigenvalue weighted by Gasteiger charge is 2.07. The van der Waals surface area contributed by atoms with Gasteiger partial charge in [0.1, 0.15) is 17.2 Å². The Morgan fingerprint density at radius 2 is 1.55 bits per heavy atom. The largest absolute Gasteiger partial charge is 0.494 e. The molecule has 0 bridgehead atoms. The zero-order valence-electron chi connectivity index (χ0n) is 10.8. The molecule has 0 aliphatic carbocycles. The average Bonchev–Trinajstić information content (AvgIpc) is 2.43. The Morgan fingerprint density at radius 3 is 2.20 bits per heavy atom. The molecule has 6 nitrogen and oxygen atoms in total. The van der Waals surface area contributed by atoms with Crippen LogP contribution in [0.15, 0.2) is 42.5 Å². The van der Waals surface area contributed by atoms with Crippen molar-refractivity contribution in [3.8, 4) is 17.2 Å². The fourth-order valence-electron chi connectivity index (χ4n) is 1.50. The van der Waals surface area contributed by atoms with E-state index in [0.29, 0.717) is 28.6 Å². The first-order valence-electron chi connectivity index (χ1n) is 5.77. The Morgan fingerprint density at radius 1 is 0.950 bits per heavy atom. The number of hydrogen-bond acceptors (Lipinski definition) is 6. The molecular weight excluding hydrogens is 279 g/mol. The third kappa shape index (κ3) is 3.59. The van der Waals surface area contributed by atoms with Gasteiger partial charge < -0.3 is 25.3 Å². The van der Waals surface area contributed by atoms with E-state index < -0.39 is 8.25 Å². The van der Waals surface area contributed by atoms with E-state index in [1.165, 1.54) is 7.11 Å². The predicted molar refractivity (Wildman–Crippen MR) is 78.5 cm³/mol. The Labute approximate surface area is 117 Å². The van der Waals surface area contributed by atoms with Gasteiger partial charge in [0.25, 0.3) is 0 Å². The molecule has 0 saturated heterocycles. The lowest BCUT2D eigenvalue weighted by atomic mass is 10.3. The van der Waals surface area contributed by atoms with Crippen molar-refractivity contribution in [2.45, 2.75) is 0 Å². The van der Waals surface area contributed by atoms with Crippen LogP contribution in [-0.4, -0.2) is 7.11 Å². The molecule has 7 heteroatoms. The number of hydrogen-bond donors (Lipinski definition) is 2. The molecule has 0 radical (unpaired) electrons. The molecule has 0 saturated carbocycles. The van der Waals surface area contributed by atoms with Gasteiger partial charge in [-0.05, 0) is 36.4 Å². The minimum atomic E-state index is -2.73. The van der Waals surface area contributed by atoms with Crippen molar-refractivity contribution >= 4 is 19.6 Å². The summed E-state index contributed by atoms with van der Waals surface area (Å²) in [5.41, 5.74) is 12.3. The normalized spacial score (nSPS) is 11.7. The van der Waals surface area contributed by atoms with Crippen LogP contribution >= 0.6 is 8.25 Å². The fourth-order valence-corrected chi connectivity index (χ4v) is 2.19. The molecule has 2 aromatic carbocycles. The van der Waals surface area contributed by atoms with E-state index in [0.717, 1.165) is 0 Å². The first-order chi connectivity index (χ1) is 9.58. The SMILES string of the molecule is COc1cc(O[PH](=O)Oc2ccc(N)cc2)ccc1N. The Bertz CT molecular complexity index is 616. The van der Waals surface area contributed by atoms with E-state index in [-0.39, 0.29) is 0 Å². The summed E-state index contributed by atoms with van der Waals surface area (Å²) in [7, 11) is -1.24. The molecule has 0 aliphatic rings. The highest BCUT2D eigenvalue weighted by atomic mass is 31.1. The summed E-state index contributed by atoms with van der Waals surface area (Å²) in [4.78, 5) is 0. The van der Waals surface area contributed by atoms with Gasteiger partial charge in [0.05, 0.1) is 12.8 Å². The summed E-state index contributed by atoms with van der Waals surface area (Å²) in [6, 6.07) is 11.3. The maximum absolute atomic E-state index is 11.8. The second kappa shape index (κ2) is 6.21. The van der Waals surface area contributed by atoms with Gasteiger partial charge in [-0.1, -0.05) is 0 Å². The zero-order chi connectivity index (χ0) is 14.5. The summed E-state index contributed by atoms with van der Waals surface area (Å²) in [6.07, 6.45) is 0. The number of rotatable bonds is 5. The molecule has 1 atom stereocenters. The molecule has 0 amide bonds. The van der Waals surface area contributed by atoms with Gasteiger partial charge in [-0.25, -0.2) is 4.57 Å². The molecule has 1 unspecified atom stereocenters. The minimum absolute atomic E-state index is 0.357. The molecule has 0 aromatic heterocycles. The summed E-state index contributed by atoms with van der Waals surface area (Å²) in [5.74, 6) is 1.23. The topological polar surface area (TPSA) is 96.8 Å². The van der Waals surface area contributed by atoms with Crippen molar-refractivity contribution in [3.05, 3.63) is 42.5 Å². The monoisotopic (exact) mass is 294 g/mol. The minimum Gasteiger partial charge on any atom is -0.494 e. The molecular formula is C13H15N2O4P. The maximum Gasteiger partial charge on any atom is 0.418 e. The zero-order valence-corrected chi connectivity index (χ0v) is 11.8. The third-order valence-electron chi connectivity index (χ3n) is 2.49. The van der Waals surface area contributed by atoms with Crippen molar-refractivity contribution in [2.75, 3.05) is 18.6 Å². The van der Waals surface area contributed by atoms with Gasteiger partial charge in [0.2, 0.25) is 0 Å². The van der Waals surface area contributed by atoms with E-state index in [1.54, 1.807) is 42.5 Å². The second-order valence-corrected chi connectivity index (χ2v) is 4.84. The van der Waals surface area contributed by atoms with Gasteiger partial charge in [-0.2, -0.15) is 0 Å². The summed E-state index contributed by atoms with van der Waals surface area (Å²) >= 11 is 0. The van der Waals surface area contributed by atoms with Crippen LogP contribution in [0, 0.1) is 0 Å². The van der Waals surface area contributed by atoms with Crippen LogP contribution in [0.1, 0.15) is 0 Å². The van der Waals surface area contributed by atoms with E-state index in [2.05, 4.69) is 0 Å². The number of ether oxygens (including phenoxy) is 1. The van der Waals surface area contributed by atoms with Crippen molar-refractivity contribution in [3.63, 3.8) is 0 Å². The summed E-state index contributed by atoms with van der Waals surface area (Å²) in [6.45, 7) is 0. The van der Waals surface area contributed by atoms with Crippen LogP contribution in [0.2, 0.25) is 0 Å². The molecule has 4 N–H and O–H groups in total. The smallest absolute Gasteiger partial charge is 0.418 e. The quantitative estimate of drug-likeness (QED) is 0.650. The van der Waals surface area contributed by atoms with Crippen LogP contribution in [0.3, 0.4) is 0 Å².